The van der Waals surface area contributed by atoms with Crippen LogP contribution in [0.15, 0.2) is 12.1 Å². The summed E-state index contributed by atoms with van der Waals surface area (Å²) in [5.74, 6) is 0.987. The van der Waals surface area contributed by atoms with Crippen LogP contribution in [-0.4, -0.2) is 16.0 Å². The lowest BCUT2D eigenvalue weighted by Crippen LogP contribution is -2.35. The molecule has 0 spiro atoms. The molecule has 0 saturated heterocycles. The van der Waals surface area contributed by atoms with Gasteiger partial charge in [0.15, 0.2) is 0 Å². The topological polar surface area (TPSA) is 54.7 Å². The maximum absolute atomic E-state index is 12.7. The van der Waals surface area contributed by atoms with E-state index in [-0.39, 0.29) is 12.0 Å². The summed E-state index contributed by atoms with van der Waals surface area (Å²) >= 11 is 1.89. The predicted octanol–water partition coefficient (Wildman–Crippen LogP) is 3.39. The summed E-state index contributed by atoms with van der Waals surface area (Å²) in [5, 5.41) is 0. The minimum absolute atomic E-state index is 0.183. The van der Waals surface area contributed by atoms with Crippen LogP contribution < -0.4 is 5.73 Å². The quantitative estimate of drug-likeness (QED) is 0.745. The van der Waals surface area contributed by atoms with Gasteiger partial charge in [0.2, 0.25) is 0 Å². The Morgan fingerprint density at radius 1 is 1.32 bits per heavy atom. The molecule has 102 valence electrons. The van der Waals surface area contributed by atoms with Crippen molar-refractivity contribution in [3.63, 3.8) is 0 Å². The first-order chi connectivity index (χ1) is 8.84. The molecule has 3 rings (SSSR count). The van der Waals surface area contributed by atoms with Gasteiger partial charge in [-0.1, -0.05) is 0 Å². The lowest BCUT2D eigenvalue weighted by atomic mass is 9.80. The van der Waals surface area contributed by atoms with Crippen LogP contribution >= 0.6 is 22.6 Å². The zero-order chi connectivity index (χ0) is 13.8. The fraction of sp³-hybridized carbons (Fsp3) is 0.417. The van der Waals surface area contributed by atoms with Crippen molar-refractivity contribution in [3.05, 3.63) is 27.1 Å². The van der Waals surface area contributed by atoms with E-state index in [0.717, 1.165) is 30.8 Å². The van der Waals surface area contributed by atoms with E-state index in [2.05, 4.69) is 9.97 Å². The molecule has 1 aromatic carbocycles. The minimum Gasteiger partial charge on any atom is -0.342 e. The van der Waals surface area contributed by atoms with Crippen LogP contribution in [0.1, 0.15) is 30.1 Å². The number of halogens is 4. The first-order valence-corrected chi connectivity index (χ1v) is 6.94. The summed E-state index contributed by atoms with van der Waals surface area (Å²) in [5.41, 5.74) is 6.11. The Morgan fingerprint density at radius 2 is 2.00 bits per heavy atom. The third-order valence-corrected chi connectivity index (χ3v) is 4.27. The van der Waals surface area contributed by atoms with Gasteiger partial charge in [-0.05, 0) is 47.6 Å². The average molecular weight is 381 g/mol. The molecule has 1 aliphatic carbocycles. The van der Waals surface area contributed by atoms with Gasteiger partial charge in [-0.25, -0.2) is 4.98 Å². The molecule has 0 atom stereocenters. The van der Waals surface area contributed by atoms with E-state index >= 15 is 0 Å². The first kappa shape index (κ1) is 13.2. The van der Waals surface area contributed by atoms with Crippen molar-refractivity contribution in [3.8, 4) is 0 Å². The zero-order valence-corrected chi connectivity index (χ0v) is 11.9. The third-order valence-electron chi connectivity index (χ3n) is 3.45. The molecule has 0 aliphatic heterocycles. The lowest BCUT2D eigenvalue weighted by molar-refractivity contribution is -0.137. The van der Waals surface area contributed by atoms with Gasteiger partial charge in [0.1, 0.15) is 11.3 Å². The summed E-state index contributed by atoms with van der Waals surface area (Å²) in [6, 6.07) is 2.43. The average Bonchev–Trinajstić information content (AvgIpc) is 2.67. The first-order valence-electron chi connectivity index (χ1n) is 5.86. The van der Waals surface area contributed by atoms with Gasteiger partial charge in [0, 0.05) is 15.5 Å². The monoisotopic (exact) mass is 381 g/mol. The molecule has 0 amide bonds. The van der Waals surface area contributed by atoms with Crippen molar-refractivity contribution in [2.45, 2.75) is 31.0 Å². The van der Waals surface area contributed by atoms with Gasteiger partial charge in [-0.3, -0.25) is 0 Å². The fourth-order valence-corrected chi connectivity index (χ4v) is 3.08. The highest BCUT2D eigenvalue weighted by molar-refractivity contribution is 14.1. The number of nitrogens with one attached hydrogen (secondary N) is 1. The molecule has 0 unspecified atom stereocenters. The largest absolute Gasteiger partial charge is 0.416 e. The van der Waals surface area contributed by atoms with Gasteiger partial charge in [0.05, 0.1) is 11.1 Å². The van der Waals surface area contributed by atoms with E-state index in [9.17, 15) is 13.2 Å². The van der Waals surface area contributed by atoms with Crippen molar-refractivity contribution >= 4 is 33.6 Å². The normalized spacial score (nSPS) is 23.6. The van der Waals surface area contributed by atoms with Crippen molar-refractivity contribution in [1.82, 2.24) is 9.97 Å². The highest BCUT2D eigenvalue weighted by Gasteiger charge is 2.33. The Bertz CT molecular complexity index is 629. The number of fused-ring (bicyclic) bond motifs is 1. The van der Waals surface area contributed by atoms with Gasteiger partial charge >= 0.3 is 6.18 Å². The van der Waals surface area contributed by atoms with E-state index < -0.39 is 11.7 Å². The number of alkyl halides is 3. The molecule has 3 N–H and O–H groups in total. The second-order valence-corrected chi connectivity index (χ2v) is 6.06. The maximum atomic E-state index is 12.7. The summed E-state index contributed by atoms with van der Waals surface area (Å²) in [4.78, 5) is 7.41. The fourth-order valence-electron chi connectivity index (χ4n) is 2.34. The molecule has 1 aliphatic rings. The smallest absolute Gasteiger partial charge is 0.342 e. The molecule has 2 aromatic rings. The third kappa shape index (κ3) is 2.33. The van der Waals surface area contributed by atoms with E-state index in [1.807, 2.05) is 22.6 Å². The Labute approximate surface area is 120 Å². The molecule has 1 fully saturated rings. The zero-order valence-electron chi connectivity index (χ0n) is 9.76. The predicted molar refractivity (Wildman–Crippen MR) is 73.8 cm³/mol. The summed E-state index contributed by atoms with van der Waals surface area (Å²) < 4.78 is 38.7. The Kier molecular flexibility index (Phi) is 3.01. The lowest BCUT2D eigenvalue weighted by Gasteiger charge is -2.30. The van der Waals surface area contributed by atoms with Gasteiger partial charge in [-0.15, -0.1) is 0 Å². The Hall–Kier alpha value is -0.830. The number of aromatic nitrogens is 2. The second kappa shape index (κ2) is 4.34. The highest BCUT2D eigenvalue weighted by atomic mass is 127. The molecule has 0 bridgehead atoms. The Balaban J connectivity index is 2.05. The number of hydrogen-bond donors (Lipinski definition) is 2. The molecule has 7 heteroatoms. The summed E-state index contributed by atoms with van der Waals surface area (Å²) in [6.07, 6.45) is -2.66. The van der Waals surface area contributed by atoms with E-state index in [0.29, 0.717) is 14.6 Å². The second-order valence-electron chi connectivity index (χ2n) is 4.90. The van der Waals surface area contributed by atoms with E-state index in [4.69, 9.17) is 5.73 Å². The molecule has 19 heavy (non-hydrogen) atoms. The van der Waals surface area contributed by atoms with Crippen molar-refractivity contribution in [1.29, 1.82) is 0 Å². The highest BCUT2D eigenvalue weighted by Crippen LogP contribution is 2.37. The van der Waals surface area contributed by atoms with Crippen LogP contribution in [0, 0.1) is 3.57 Å². The van der Waals surface area contributed by atoms with Gasteiger partial charge < -0.3 is 10.7 Å². The number of nitrogens with zero attached hydrogens (tertiary/aromatic N) is 1. The van der Waals surface area contributed by atoms with Crippen LogP contribution in [0.4, 0.5) is 13.2 Å². The van der Waals surface area contributed by atoms with E-state index in [1.165, 1.54) is 0 Å². The molecule has 1 aromatic heterocycles. The van der Waals surface area contributed by atoms with Crippen LogP contribution in [0.3, 0.4) is 0 Å². The number of imidazole rings is 1. The summed E-state index contributed by atoms with van der Waals surface area (Å²) in [6.45, 7) is 0. The number of H-pyrrole nitrogens is 1. The van der Waals surface area contributed by atoms with Crippen LogP contribution in [0.2, 0.25) is 0 Å². The van der Waals surface area contributed by atoms with E-state index in [1.54, 1.807) is 0 Å². The number of nitrogens with two attached hydrogens (primary N) is 1. The summed E-state index contributed by atoms with van der Waals surface area (Å²) in [7, 11) is 0. The van der Waals surface area contributed by atoms with Gasteiger partial charge in [0.25, 0.3) is 0 Å². The minimum atomic E-state index is -4.34. The van der Waals surface area contributed by atoms with Crippen molar-refractivity contribution < 1.29 is 13.2 Å². The number of rotatable bonds is 1. The maximum Gasteiger partial charge on any atom is 0.416 e. The number of hydrogen-bond acceptors (Lipinski definition) is 2. The standard InChI is InChI=1S/C12H11F3IN3/c13-12(14,15)6-3-8(16)10-9(4-6)18-11(19-10)5-1-7(17)2-5/h3-5,7H,1-2,17H2,(H,18,19). The molecular formula is C12H11F3IN3. The Morgan fingerprint density at radius 3 is 2.58 bits per heavy atom. The number of benzene rings is 1. The molecular weight excluding hydrogens is 370 g/mol. The molecule has 1 heterocycles. The van der Waals surface area contributed by atoms with Crippen LogP contribution in [0.25, 0.3) is 11.0 Å². The van der Waals surface area contributed by atoms with Crippen LogP contribution in [0.5, 0.6) is 0 Å². The van der Waals surface area contributed by atoms with Crippen molar-refractivity contribution in [2.75, 3.05) is 0 Å². The van der Waals surface area contributed by atoms with Crippen LogP contribution in [-0.2, 0) is 6.18 Å². The van der Waals surface area contributed by atoms with Crippen molar-refractivity contribution in [2.24, 2.45) is 5.73 Å². The molecule has 1 saturated carbocycles. The SMILES string of the molecule is NC1CC(c2nc3c(I)cc(C(F)(F)F)cc3[nH]2)C1. The number of aromatic amines is 1. The molecule has 3 nitrogen and oxygen atoms in total. The molecule has 0 radical (unpaired) electrons. The van der Waals surface area contributed by atoms with Gasteiger partial charge in [-0.2, -0.15) is 13.2 Å².